The summed E-state index contributed by atoms with van der Waals surface area (Å²) in [5, 5.41) is 36.5. The minimum Gasteiger partial charge on any atom is -0.459 e. The highest BCUT2D eigenvalue weighted by atomic mass is 19.1. The van der Waals surface area contributed by atoms with Gasteiger partial charge in [-0.15, -0.1) is 6.58 Å². The average Bonchev–Trinajstić information content (AvgIpc) is 3.33. The van der Waals surface area contributed by atoms with Gasteiger partial charge in [0.15, 0.2) is 0 Å². The van der Waals surface area contributed by atoms with Gasteiger partial charge in [0, 0.05) is 50.1 Å². The van der Waals surface area contributed by atoms with Crippen molar-refractivity contribution in [3.8, 4) is 17.2 Å². The maximum absolute atomic E-state index is 15.1. The number of ether oxygens (including phenoxy) is 3. The molecule has 0 aromatic heterocycles. The molecular formula is C54H72FN3O9. The number of aliphatic hydroxyl groups is 2. The van der Waals surface area contributed by atoms with Crippen molar-refractivity contribution >= 4 is 17.3 Å². The summed E-state index contributed by atoms with van der Waals surface area (Å²) in [6.45, 7) is 8.89. The van der Waals surface area contributed by atoms with Gasteiger partial charge in [0.2, 0.25) is 11.7 Å². The second-order valence-corrected chi connectivity index (χ2v) is 18.3. The Kier molecular flexibility index (Phi) is 19.8. The molecule has 1 aliphatic heterocycles. The number of non-ortho nitro benzene ring substituents is 1. The predicted octanol–water partition coefficient (Wildman–Crippen LogP) is 12.1. The number of hydrogen-bond acceptors (Lipinski definition) is 10. The number of halogens is 1. The highest BCUT2D eigenvalue weighted by Crippen LogP contribution is 2.62. The lowest BCUT2D eigenvalue weighted by Crippen LogP contribution is -2.70. The van der Waals surface area contributed by atoms with E-state index < -0.39 is 22.7 Å². The Hall–Kier alpha value is -5.11. The zero-order valence-corrected chi connectivity index (χ0v) is 39.6. The zero-order valence-electron chi connectivity index (χ0n) is 39.6. The van der Waals surface area contributed by atoms with Crippen LogP contribution in [0.1, 0.15) is 140 Å². The first-order valence-electron chi connectivity index (χ1n) is 24.8. The lowest BCUT2D eigenvalue weighted by Gasteiger charge is -2.60. The third kappa shape index (κ3) is 13.1. The number of nitrogens with zero attached hydrogens (tertiary/aromatic N) is 3. The average molecular weight is 926 g/mol. The number of fused-ring (bicyclic) bond motifs is 2. The highest BCUT2D eigenvalue weighted by Gasteiger charge is 2.65. The van der Waals surface area contributed by atoms with Crippen molar-refractivity contribution in [1.82, 2.24) is 4.90 Å². The lowest BCUT2D eigenvalue weighted by molar-refractivity contribution is -0.384. The molecular weight excluding hydrogens is 854 g/mol. The van der Waals surface area contributed by atoms with Gasteiger partial charge in [-0.05, 0) is 98.4 Å². The molecule has 0 saturated heterocycles. The van der Waals surface area contributed by atoms with Crippen molar-refractivity contribution in [3.05, 3.63) is 118 Å². The van der Waals surface area contributed by atoms with E-state index in [0.29, 0.717) is 48.8 Å². The second kappa shape index (κ2) is 25.9. The summed E-state index contributed by atoms with van der Waals surface area (Å²) in [4.78, 5) is 34.1. The van der Waals surface area contributed by atoms with Crippen LogP contribution in [0.3, 0.4) is 0 Å². The molecule has 1 heterocycles. The largest absolute Gasteiger partial charge is 0.459 e. The molecule has 3 aliphatic rings. The van der Waals surface area contributed by atoms with Crippen molar-refractivity contribution in [3.63, 3.8) is 0 Å². The van der Waals surface area contributed by atoms with Gasteiger partial charge >= 0.3 is 0 Å². The van der Waals surface area contributed by atoms with E-state index in [1.54, 1.807) is 36.4 Å². The number of rotatable bonds is 29. The molecule has 364 valence electrons. The van der Waals surface area contributed by atoms with E-state index in [2.05, 4.69) is 19.6 Å². The summed E-state index contributed by atoms with van der Waals surface area (Å²) in [7, 11) is 0. The van der Waals surface area contributed by atoms with Gasteiger partial charge in [0.1, 0.15) is 35.7 Å². The van der Waals surface area contributed by atoms with Crippen LogP contribution in [0, 0.1) is 33.7 Å². The number of carbonyl (C=O) groups excluding carboxylic acids is 1. The van der Waals surface area contributed by atoms with E-state index in [1.165, 1.54) is 56.4 Å². The van der Waals surface area contributed by atoms with E-state index >= 15 is 4.79 Å². The minimum atomic E-state index is -1.47. The number of allylic oxidation sites excluding steroid dienone is 1. The summed E-state index contributed by atoms with van der Waals surface area (Å²) >= 11 is 0. The van der Waals surface area contributed by atoms with Gasteiger partial charge in [0.25, 0.3) is 5.69 Å². The van der Waals surface area contributed by atoms with Crippen LogP contribution >= 0.6 is 0 Å². The van der Waals surface area contributed by atoms with E-state index in [1.807, 2.05) is 24.0 Å². The number of amides is 1. The van der Waals surface area contributed by atoms with Crippen LogP contribution in [-0.4, -0.2) is 69.9 Å². The summed E-state index contributed by atoms with van der Waals surface area (Å²) in [6, 6.07) is 17.2. The molecule has 2 aliphatic carbocycles. The SMILES string of the molecule is C=CCO[C@@]12Oc3ccc(Oc4cccc([N+](=O)[O-])c4)cc3[C@H]3[C@H](CCCCO)[C@@H](CCCCO)C=C(C(=NOCC)C[C@@H]1N(Cc1ccc(F)cc1)C(=O)CCCCCCCCCCC)[C@H]32. The molecule has 1 amide bonds. The molecule has 3 aromatic rings. The highest BCUT2D eigenvalue weighted by molar-refractivity contribution is 6.03. The molecule has 0 unspecified atom stereocenters. The fourth-order valence-corrected chi connectivity index (χ4v) is 10.5. The lowest BCUT2D eigenvalue weighted by atomic mass is 9.55. The number of hydrogen-bond donors (Lipinski definition) is 2. The first kappa shape index (κ1) is 51.3. The van der Waals surface area contributed by atoms with Gasteiger partial charge < -0.3 is 34.2 Å². The Bertz CT molecular complexity index is 2130. The number of benzene rings is 3. The van der Waals surface area contributed by atoms with E-state index in [9.17, 15) is 24.7 Å². The van der Waals surface area contributed by atoms with Crippen molar-refractivity contribution in [1.29, 1.82) is 0 Å². The van der Waals surface area contributed by atoms with Crippen molar-refractivity contribution in [2.24, 2.45) is 22.9 Å². The Morgan fingerprint density at radius 3 is 2.31 bits per heavy atom. The summed E-state index contributed by atoms with van der Waals surface area (Å²) in [5.41, 5.74) is 3.13. The number of nitro groups is 1. The third-order valence-corrected chi connectivity index (χ3v) is 13.7. The Labute approximate surface area is 396 Å². The van der Waals surface area contributed by atoms with Crippen LogP contribution in [0.25, 0.3) is 0 Å². The standard InChI is InChI=1S/C54H72FN3O9/c1-4-7-8-9-10-11-12-13-14-24-51(61)57(38-39-25-27-41(55)28-26-39)50-37-48(56-65-6-3)46-34-40(20-15-17-31-59)45(23-16-18-32-60)52-47-36-44(66-43-22-19-21-42(35-43)58(62)63)29-30-49(47)67-54(50,53(46)52)64-33-5-2/h5,19,21-22,25-30,34-36,40,45,50,52-53,59-60H,2,4,6-18,20,23-24,31-33,37-38H2,1,3H3/t40-,45+,50-,52+,53+,54+/m0/s1. The third-order valence-electron chi connectivity index (χ3n) is 13.7. The molecule has 0 bridgehead atoms. The van der Waals surface area contributed by atoms with Crippen molar-refractivity contribution in [2.45, 2.75) is 147 Å². The maximum Gasteiger partial charge on any atom is 0.273 e. The molecule has 12 nitrogen and oxygen atoms in total. The molecule has 0 radical (unpaired) electrons. The number of unbranched alkanes of at least 4 members (excludes halogenated alkanes) is 10. The summed E-state index contributed by atoms with van der Waals surface area (Å²) < 4.78 is 35.3. The minimum absolute atomic E-state index is 0.0169. The zero-order chi connectivity index (χ0) is 47.6. The van der Waals surface area contributed by atoms with E-state index in [0.717, 1.165) is 68.1 Å². The molecule has 1 fully saturated rings. The number of aliphatic hydroxyl groups excluding tert-OH is 2. The van der Waals surface area contributed by atoms with Gasteiger partial charge in [-0.3, -0.25) is 14.9 Å². The molecule has 3 aromatic carbocycles. The van der Waals surface area contributed by atoms with Crippen molar-refractivity contribution < 1.29 is 43.4 Å². The number of carbonyl (C=O) groups is 1. The first-order chi connectivity index (χ1) is 32.7. The fraction of sp³-hybridized carbons (Fsp3) is 0.556. The maximum atomic E-state index is 15.1. The monoisotopic (exact) mass is 926 g/mol. The molecule has 6 atom stereocenters. The molecule has 1 saturated carbocycles. The smallest absolute Gasteiger partial charge is 0.273 e. The van der Waals surface area contributed by atoms with Crippen LogP contribution in [0.2, 0.25) is 0 Å². The van der Waals surface area contributed by atoms with E-state index in [-0.39, 0.29) is 68.0 Å². The molecule has 67 heavy (non-hydrogen) atoms. The van der Waals surface area contributed by atoms with E-state index in [4.69, 9.17) is 24.2 Å². The van der Waals surface area contributed by atoms with Gasteiger partial charge in [0.05, 0.1) is 29.2 Å². The first-order valence-corrected chi connectivity index (χ1v) is 24.8. The quantitative estimate of drug-likeness (QED) is 0.0300. The topological polar surface area (TPSA) is 153 Å². The Balaban J connectivity index is 1.50. The van der Waals surface area contributed by atoms with Crippen LogP contribution in [0.4, 0.5) is 10.1 Å². The number of nitro benzene ring substituents is 1. The van der Waals surface area contributed by atoms with Gasteiger partial charge in [-0.2, -0.15) is 0 Å². The summed E-state index contributed by atoms with van der Waals surface area (Å²) in [6.07, 6.45) is 18.9. The van der Waals surface area contributed by atoms with Gasteiger partial charge in [-0.25, -0.2) is 4.39 Å². The van der Waals surface area contributed by atoms with Crippen LogP contribution in [0.15, 0.2) is 96.2 Å². The van der Waals surface area contributed by atoms with Crippen LogP contribution < -0.4 is 9.47 Å². The molecule has 2 N–H and O–H groups in total. The van der Waals surface area contributed by atoms with Crippen LogP contribution in [-0.2, 0) is 20.9 Å². The molecule has 6 rings (SSSR count). The normalized spacial score (nSPS) is 22.3. The molecule has 13 heteroatoms. The van der Waals surface area contributed by atoms with Crippen molar-refractivity contribution in [2.75, 3.05) is 26.4 Å². The number of oxime groups is 1. The van der Waals surface area contributed by atoms with Crippen LogP contribution in [0.5, 0.6) is 17.2 Å². The molecule has 0 spiro atoms. The second-order valence-electron chi connectivity index (χ2n) is 18.3. The van der Waals surface area contributed by atoms with Gasteiger partial charge in [-0.1, -0.05) is 107 Å². The predicted molar refractivity (Wildman–Crippen MR) is 259 cm³/mol. The fourth-order valence-electron chi connectivity index (χ4n) is 10.5. The Morgan fingerprint density at radius 2 is 1.63 bits per heavy atom. The Morgan fingerprint density at radius 1 is 0.925 bits per heavy atom. The summed E-state index contributed by atoms with van der Waals surface area (Å²) in [5.74, 6) is -1.38.